The van der Waals surface area contributed by atoms with E-state index in [-0.39, 0.29) is 11.8 Å². The van der Waals surface area contributed by atoms with E-state index in [1.54, 1.807) is 55.0 Å². The zero-order chi connectivity index (χ0) is 37.2. The number of hydrogen-bond donors (Lipinski definition) is 5. The SMILES string of the molecule is Brc1cnc2[nH]ccc2c1.CCCCN.CCCCNC(=O)Nc1cccc(C(=O)c2c[nH]c3ncc(Br)cc23)c1.Cc1cccc(C(=O)Cl)c1. The van der Waals surface area contributed by atoms with Gasteiger partial charge in [0.1, 0.15) is 11.3 Å². The number of hydrogen-bond acceptors (Lipinski definition) is 6. The zero-order valence-corrected chi connectivity index (χ0v) is 32.7. The number of aryl methyl sites for hydroxylation is 1. The number of ketones is 1. The van der Waals surface area contributed by atoms with Gasteiger partial charge in [-0.15, -0.1) is 0 Å². The summed E-state index contributed by atoms with van der Waals surface area (Å²) in [5.41, 5.74) is 9.94. The molecule has 4 heterocycles. The summed E-state index contributed by atoms with van der Waals surface area (Å²) in [6, 6.07) is 19.7. The molecule has 0 aliphatic rings. The normalized spacial score (nSPS) is 10.2. The van der Waals surface area contributed by atoms with E-state index in [0.717, 1.165) is 50.3 Å². The molecule has 0 fully saturated rings. The van der Waals surface area contributed by atoms with Gasteiger partial charge in [0.2, 0.25) is 0 Å². The highest BCUT2D eigenvalue weighted by Gasteiger charge is 2.16. The smallest absolute Gasteiger partial charge is 0.319 e. The summed E-state index contributed by atoms with van der Waals surface area (Å²) in [7, 11) is 0. The van der Waals surface area contributed by atoms with Gasteiger partial charge in [0.15, 0.2) is 5.78 Å². The van der Waals surface area contributed by atoms with Crippen LogP contribution in [0.25, 0.3) is 22.1 Å². The van der Waals surface area contributed by atoms with Crippen molar-refractivity contribution in [1.29, 1.82) is 0 Å². The number of H-pyrrole nitrogens is 2. The van der Waals surface area contributed by atoms with Crippen molar-refractivity contribution in [3.8, 4) is 0 Å². The van der Waals surface area contributed by atoms with Crippen LogP contribution in [0, 0.1) is 6.92 Å². The second kappa shape index (κ2) is 21.8. The molecule has 0 aliphatic heterocycles. The Morgan fingerprint density at radius 3 is 2.18 bits per heavy atom. The monoisotopic (exact) mass is 837 g/mol. The zero-order valence-electron chi connectivity index (χ0n) is 28.7. The standard InChI is InChI=1S/C19H19BrN4O2.C8H7ClO.C7H5BrN2.C4H11N/c1-2-3-7-21-19(26)24-14-6-4-5-12(8-14)17(25)16-11-23-18-15(16)9-13(20)10-22-18;1-6-3-2-4-7(5-6)8(9)10;8-6-3-5-1-2-9-7(5)10-4-6;1-2-3-4-5/h4-6,8-11H,2-3,7H2,1H3,(H,22,23)(H2,21,24,26);2-5H,1H3;1-4H,(H,9,10);2-5H2,1H3. The molecule has 6 aromatic rings. The fourth-order valence-electron chi connectivity index (χ4n) is 4.50. The lowest BCUT2D eigenvalue weighted by Crippen LogP contribution is -2.29. The lowest BCUT2D eigenvalue weighted by Gasteiger charge is -2.08. The number of aromatic nitrogens is 4. The predicted molar refractivity (Wildman–Crippen MR) is 215 cm³/mol. The second-order valence-corrected chi connectivity index (χ2v) is 13.4. The lowest BCUT2D eigenvalue weighted by atomic mass is 10.0. The summed E-state index contributed by atoms with van der Waals surface area (Å²) in [6.45, 7) is 7.58. The Hall–Kier alpha value is -4.36. The van der Waals surface area contributed by atoms with Crippen molar-refractivity contribution in [1.82, 2.24) is 25.3 Å². The van der Waals surface area contributed by atoms with Crippen molar-refractivity contribution in [3.63, 3.8) is 0 Å². The summed E-state index contributed by atoms with van der Waals surface area (Å²) in [6.07, 6.45) is 11.3. The van der Waals surface area contributed by atoms with Crippen molar-refractivity contribution in [2.45, 2.75) is 46.5 Å². The van der Waals surface area contributed by atoms with Crippen LogP contribution in [0.1, 0.15) is 71.4 Å². The van der Waals surface area contributed by atoms with Crippen molar-refractivity contribution >= 4 is 88.3 Å². The molecule has 6 N–H and O–H groups in total. The molecule has 2 aromatic carbocycles. The Labute approximate surface area is 319 Å². The van der Waals surface area contributed by atoms with E-state index in [4.69, 9.17) is 17.3 Å². The number of urea groups is 1. The van der Waals surface area contributed by atoms with Gasteiger partial charge in [-0.3, -0.25) is 9.59 Å². The van der Waals surface area contributed by atoms with Gasteiger partial charge in [0.05, 0.1) is 0 Å². The van der Waals surface area contributed by atoms with Gasteiger partial charge in [-0.25, -0.2) is 14.8 Å². The average molecular weight is 840 g/mol. The maximum Gasteiger partial charge on any atom is 0.319 e. The van der Waals surface area contributed by atoms with Crippen LogP contribution in [0.4, 0.5) is 10.5 Å². The Morgan fingerprint density at radius 1 is 0.843 bits per heavy atom. The topological polar surface area (TPSA) is 159 Å². The number of nitrogens with one attached hydrogen (secondary N) is 4. The number of nitrogens with zero attached hydrogens (tertiary/aromatic N) is 2. The lowest BCUT2D eigenvalue weighted by molar-refractivity contribution is 0.103. The first kappa shape index (κ1) is 41.1. The first-order valence-electron chi connectivity index (χ1n) is 16.4. The van der Waals surface area contributed by atoms with E-state index >= 15 is 0 Å². The predicted octanol–water partition coefficient (Wildman–Crippen LogP) is 9.92. The first-order chi connectivity index (χ1) is 24.6. The number of pyridine rings is 2. The van der Waals surface area contributed by atoms with Crippen LogP contribution in [0.5, 0.6) is 0 Å². The molecule has 0 saturated heterocycles. The third-order valence-corrected chi connectivity index (χ3v) is 8.20. The first-order valence-corrected chi connectivity index (χ1v) is 18.4. The highest BCUT2D eigenvalue weighted by Crippen LogP contribution is 2.24. The van der Waals surface area contributed by atoms with E-state index < -0.39 is 5.24 Å². The van der Waals surface area contributed by atoms with Gasteiger partial charge in [0, 0.05) is 73.4 Å². The molecule has 268 valence electrons. The molecule has 0 aliphatic carbocycles. The molecule has 4 aromatic heterocycles. The number of amides is 2. The number of fused-ring (bicyclic) bond motifs is 2. The Morgan fingerprint density at radius 2 is 1.53 bits per heavy atom. The van der Waals surface area contributed by atoms with Crippen molar-refractivity contribution < 1.29 is 14.4 Å². The maximum atomic E-state index is 12.9. The number of benzene rings is 2. The van der Waals surface area contributed by atoms with Crippen LogP contribution < -0.4 is 16.4 Å². The third-order valence-electron chi connectivity index (χ3n) is 7.11. The van der Waals surface area contributed by atoms with Gasteiger partial charge < -0.3 is 26.3 Å². The van der Waals surface area contributed by atoms with E-state index in [0.29, 0.717) is 34.6 Å². The fourth-order valence-corrected chi connectivity index (χ4v) is 5.30. The number of rotatable bonds is 9. The van der Waals surface area contributed by atoms with Gasteiger partial charge in [-0.1, -0.05) is 62.6 Å². The molecule has 6 rings (SSSR count). The molecule has 13 heteroatoms. The molecule has 0 unspecified atom stereocenters. The van der Waals surface area contributed by atoms with Gasteiger partial charge in [-0.2, -0.15) is 0 Å². The summed E-state index contributed by atoms with van der Waals surface area (Å²) < 4.78 is 1.82. The number of nitrogens with two attached hydrogens (primary N) is 1. The minimum Gasteiger partial charge on any atom is -0.346 e. The second-order valence-electron chi connectivity index (χ2n) is 11.3. The van der Waals surface area contributed by atoms with Crippen LogP contribution >= 0.6 is 43.5 Å². The van der Waals surface area contributed by atoms with Gasteiger partial charge in [-0.05, 0) is 106 Å². The maximum absolute atomic E-state index is 12.9. The molecule has 0 atom stereocenters. The molecular weight excluding hydrogens is 798 g/mol. The molecule has 10 nitrogen and oxygen atoms in total. The third kappa shape index (κ3) is 13.7. The molecule has 51 heavy (non-hydrogen) atoms. The van der Waals surface area contributed by atoms with Crippen LogP contribution in [-0.2, 0) is 0 Å². The van der Waals surface area contributed by atoms with E-state index in [1.165, 1.54) is 12.8 Å². The largest absolute Gasteiger partial charge is 0.346 e. The summed E-state index contributed by atoms with van der Waals surface area (Å²) >= 11 is 12.0. The average Bonchev–Trinajstić information content (AvgIpc) is 3.76. The number of unbranched alkanes of at least 4 members (excludes halogenated alkanes) is 2. The molecule has 0 bridgehead atoms. The number of carbonyl (C=O) groups is 3. The van der Waals surface area contributed by atoms with Crippen LogP contribution in [0.15, 0.2) is 100 Å². The van der Waals surface area contributed by atoms with Crippen molar-refractivity contribution in [2.75, 3.05) is 18.4 Å². The molecule has 2 amide bonds. The van der Waals surface area contributed by atoms with Crippen molar-refractivity contribution in [2.24, 2.45) is 5.73 Å². The highest BCUT2D eigenvalue weighted by atomic mass is 79.9. The minimum atomic E-state index is -0.399. The Bertz CT molecular complexity index is 2030. The minimum absolute atomic E-state index is 0.133. The summed E-state index contributed by atoms with van der Waals surface area (Å²) in [4.78, 5) is 49.7. The summed E-state index contributed by atoms with van der Waals surface area (Å²) in [5, 5.41) is 7.03. The highest BCUT2D eigenvalue weighted by molar-refractivity contribution is 9.10. The Kier molecular flexibility index (Phi) is 17.5. The van der Waals surface area contributed by atoms with Gasteiger partial charge in [0.25, 0.3) is 5.24 Å². The Balaban J connectivity index is 0.000000228. The number of halogens is 3. The molecule has 0 spiro atoms. The van der Waals surface area contributed by atoms with E-state index in [2.05, 4.69) is 76.3 Å². The molecule has 0 radical (unpaired) electrons. The number of aromatic amines is 2. The number of anilines is 1. The molecular formula is C38H42Br2ClN7O3. The van der Waals surface area contributed by atoms with E-state index in [9.17, 15) is 14.4 Å². The van der Waals surface area contributed by atoms with Crippen LogP contribution in [-0.4, -0.2) is 50.1 Å². The number of carbonyl (C=O) groups excluding carboxylic acids is 3. The van der Waals surface area contributed by atoms with E-state index in [1.807, 2.05) is 43.5 Å². The van der Waals surface area contributed by atoms with Crippen LogP contribution in [0.3, 0.4) is 0 Å². The molecule has 0 saturated carbocycles. The van der Waals surface area contributed by atoms with Crippen LogP contribution in [0.2, 0.25) is 0 Å². The quantitative estimate of drug-likeness (QED) is 0.0554. The fraction of sp³-hybridized carbons (Fsp3) is 0.237. The van der Waals surface area contributed by atoms with Crippen molar-refractivity contribution in [3.05, 3.63) is 123 Å². The van der Waals surface area contributed by atoms with Gasteiger partial charge >= 0.3 is 6.03 Å². The summed E-state index contributed by atoms with van der Waals surface area (Å²) in [5.74, 6) is -0.133.